The summed E-state index contributed by atoms with van der Waals surface area (Å²) in [6.07, 6.45) is 0.0125. The minimum absolute atomic E-state index is 0.0125. The lowest BCUT2D eigenvalue weighted by atomic mass is 10.4. The van der Waals surface area contributed by atoms with Gasteiger partial charge in [0.1, 0.15) is 6.10 Å². The molecule has 1 unspecified atom stereocenters. The molecule has 0 aromatic rings. The average molecular weight is 113 g/mol. The van der Waals surface area contributed by atoms with Crippen molar-refractivity contribution in [1.82, 2.24) is 0 Å². The number of methoxy groups -OCH3 is 1. The monoisotopic (exact) mass is 113 g/mol. The van der Waals surface area contributed by atoms with Crippen LogP contribution in [0.1, 0.15) is 6.92 Å². The van der Waals surface area contributed by atoms with Crippen LogP contribution in [0.15, 0.2) is 0 Å². The molecule has 0 aliphatic rings. The summed E-state index contributed by atoms with van der Waals surface area (Å²) in [4.78, 5) is 0. The third-order valence-corrected chi connectivity index (χ3v) is 0.761. The second-order valence-corrected chi connectivity index (χ2v) is 1.40. The van der Waals surface area contributed by atoms with Crippen molar-refractivity contribution in [3.63, 3.8) is 0 Å². The molecule has 0 fully saturated rings. The van der Waals surface area contributed by atoms with Gasteiger partial charge in [0, 0.05) is 7.11 Å². The molecule has 0 aromatic carbocycles. The first-order valence-corrected chi connectivity index (χ1v) is 2.52. The van der Waals surface area contributed by atoms with E-state index in [1.807, 2.05) is 6.92 Å². The van der Waals surface area contributed by atoms with Crippen LogP contribution in [0.3, 0.4) is 0 Å². The average Bonchev–Trinajstić information content (AvgIpc) is 1.83. The highest BCUT2D eigenvalue weighted by Crippen LogP contribution is 1.80. The Morgan fingerprint density at radius 3 is 2.75 bits per heavy atom. The summed E-state index contributed by atoms with van der Waals surface area (Å²) in [5.74, 6) is 5.49. The first kappa shape index (κ1) is 7.48. The lowest BCUT2D eigenvalue weighted by molar-refractivity contribution is 0.163. The third kappa shape index (κ3) is 3.66. The topological polar surface area (TPSA) is 35.2 Å². The van der Waals surface area contributed by atoms with E-state index in [-0.39, 0.29) is 6.10 Å². The molecule has 0 aliphatic heterocycles. The zero-order chi connectivity index (χ0) is 6.41. The van der Waals surface area contributed by atoms with E-state index in [0.29, 0.717) is 6.54 Å². The standard InChI is InChI=1S/C6H11NO/c1-6(8-2)4-3-5-7/h6H,5,7H2,1-2H3. The van der Waals surface area contributed by atoms with Crippen molar-refractivity contribution >= 4 is 0 Å². The van der Waals surface area contributed by atoms with Crippen LogP contribution in [0.25, 0.3) is 0 Å². The molecule has 0 saturated heterocycles. The van der Waals surface area contributed by atoms with Gasteiger partial charge >= 0.3 is 0 Å². The van der Waals surface area contributed by atoms with Gasteiger partial charge in [-0.2, -0.15) is 0 Å². The van der Waals surface area contributed by atoms with Crippen molar-refractivity contribution in [3.8, 4) is 11.8 Å². The summed E-state index contributed by atoms with van der Waals surface area (Å²) < 4.78 is 4.82. The Labute approximate surface area is 50.0 Å². The Morgan fingerprint density at radius 1 is 1.75 bits per heavy atom. The second kappa shape index (κ2) is 4.63. The highest BCUT2D eigenvalue weighted by Gasteiger charge is 1.86. The normalized spacial score (nSPS) is 11.9. The van der Waals surface area contributed by atoms with E-state index < -0.39 is 0 Å². The van der Waals surface area contributed by atoms with Gasteiger partial charge in [0.05, 0.1) is 6.54 Å². The van der Waals surface area contributed by atoms with E-state index in [4.69, 9.17) is 10.5 Å². The van der Waals surface area contributed by atoms with Crippen LogP contribution >= 0.6 is 0 Å². The smallest absolute Gasteiger partial charge is 0.115 e. The van der Waals surface area contributed by atoms with Crippen LogP contribution in [0.2, 0.25) is 0 Å². The number of hydrogen-bond donors (Lipinski definition) is 1. The molecule has 0 heterocycles. The summed E-state index contributed by atoms with van der Waals surface area (Å²) >= 11 is 0. The largest absolute Gasteiger partial charge is 0.369 e. The molecule has 0 aliphatic carbocycles. The molecular formula is C6H11NO. The van der Waals surface area contributed by atoms with Gasteiger partial charge in [-0.05, 0) is 6.92 Å². The maximum absolute atomic E-state index is 5.10. The van der Waals surface area contributed by atoms with Gasteiger partial charge < -0.3 is 10.5 Å². The van der Waals surface area contributed by atoms with Gasteiger partial charge in [-0.25, -0.2) is 0 Å². The maximum Gasteiger partial charge on any atom is 0.115 e. The van der Waals surface area contributed by atoms with Crippen LogP contribution in [-0.2, 0) is 4.74 Å². The first-order chi connectivity index (χ1) is 3.81. The number of ether oxygens (including phenoxy) is 1. The summed E-state index contributed by atoms with van der Waals surface area (Å²) in [6, 6.07) is 0. The van der Waals surface area contributed by atoms with Crippen LogP contribution in [0.5, 0.6) is 0 Å². The summed E-state index contributed by atoms with van der Waals surface area (Å²) in [5, 5.41) is 0. The fourth-order valence-electron chi connectivity index (χ4n) is 0.262. The van der Waals surface area contributed by atoms with Gasteiger partial charge in [0.25, 0.3) is 0 Å². The van der Waals surface area contributed by atoms with Gasteiger partial charge in [-0.3, -0.25) is 0 Å². The highest BCUT2D eigenvalue weighted by molar-refractivity contribution is 5.04. The van der Waals surface area contributed by atoms with Crippen LogP contribution in [-0.4, -0.2) is 19.8 Å². The van der Waals surface area contributed by atoms with E-state index in [0.717, 1.165) is 0 Å². The maximum atomic E-state index is 5.10. The number of rotatable bonds is 1. The van der Waals surface area contributed by atoms with Crippen molar-refractivity contribution in [2.75, 3.05) is 13.7 Å². The van der Waals surface area contributed by atoms with E-state index >= 15 is 0 Å². The zero-order valence-electron chi connectivity index (χ0n) is 5.27. The summed E-state index contributed by atoms with van der Waals surface area (Å²) in [5.41, 5.74) is 5.10. The number of hydrogen-bond acceptors (Lipinski definition) is 2. The molecule has 0 spiro atoms. The Hall–Kier alpha value is -0.520. The minimum atomic E-state index is 0.0125. The van der Waals surface area contributed by atoms with E-state index in [1.165, 1.54) is 0 Å². The lowest BCUT2D eigenvalue weighted by Gasteiger charge is -1.95. The molecule has 0 radical (unpaired) electrons. The first-order valence-electron chi connectivity index (χ1n) is 2.52. The molecule has 2 heteroatoms. The molecule has 1 atom stereocenters. The van der Waals surface area contributed by atoms with Crippen molar-refractivity contribution in [3.05, 3.63) is 0 Å². The van der Waals surface area contributed by atoms with E-state index in [9.17, 15) is 0 Å². The van der Waals surface area contributed by atoms with Crippen molar-refractivity contribution in [1.29, 1.82) is 0 Å². The molecule has 0 amide bonds. The predicted molar refractivity (Wildman–Crippen MR) is 33.3 cm³/mol. The zero-order valence-corrected chi connectivity index (χ0v) is 5.27. The minimum Gasteiger partial charge on any atom is -0.369 e. The summed E-state index contributed by atoms with van der Waals surface area (Å²) in [6.45, 7) is 2.29. The molecular weight excluding hydrogens is 102 g/mol. The molecule has 0 saturated carbocycles. The lowest BCUT2D eigenvalue weighted by Crippen LogP contribution is -2.01. The molecule has 2 nitrogen and oxygen atoms in total. The fraction of sp³-hybridized carbons (Fsp3) is 0.667. The molecule has 0 aromatic heterocycles. The highest BCUT2D eigenvalue weighted by atomic mass is 16.5. The molecule has 8 heavy (non-hydrogen) atoms. The quantitative estimate of drug-likeness (QED) is 0.485. The van der Waals surface area contributed by atoms with Gasteiger partial charge in [-0.15, -0.1) is 0 Å². The van der Waals surface area contributed by atoms with Crippen LogP contribution in [0, 0.1) is 11.8 Å². The SMILES string of the molecule is COC(C)C#CCN. The predicted octanol–water partition coefficient (Wildman–Crippen LogP) is -0.0166. The second-order valence-electron chi connectivity index (χ2n) is 1.40. The molecule has 46 valence electrons. The van der Waals surface area contributed by atoms with Crippen molar-refractivity contribution in [2.45, 2.75) is 13.0 Å². The summed E-state index contributed by atoms with van der Waals surface area (Å²) in [7, 11) is 1.62. The fourth-order valence-corrected chi connectivity index (χ4v) is 0.262. The van der Waals surface area contributed by atoms with Gasteiger partial charge in [0.15, 0.2) is 0 Å². The molecule has 2 N–H and O–H groups in total. The third-order valence-electron chi connectivity index (χ3n) is 0.761. The Balaban J connectivity index is 3.35. The van der Waals surface area contributed by atoms with Crippen LogP contribution in [0.4, 0.5) is 0 Å². The number of nitrogens with two attached hydrogens (primary N) is 1. The van der Waals surface area contributed by atoms with Crippen molar-refractivity contribution < 1.29 is 4.74 Å². The Morgan fingerprint density at radius 2 is 2.38 bits per heavy atom. The van der Waals surface area contributed by atoms with Gasteiger partial charge in [0.2, 0.25) is 0 Å². The molecule has 0 bridgehead atoms. The van der Waals surface area contributed by atoms with E-state index in [2.05, 4.69) is 11.8 Å². The van der Waals surface area contributed by atoms with Gasteiger partial charge in [-0.1, -0.05) is 11.8 Å². The van der Waals surface area contributed by atoms with E-state index in [1.54, 1.807) is 7.11 Å². The van der Waals surface area contributed by atoms with Crippen LogP contribution < -0.4 is 5.73 Å². The molecule has 0 rings (SSSR count). The Bertz CT molecular complexity index is 101. The van der Waals surface area contributed by atoms with Crippen molar-refractivity contribution in [2.24, 2.45) is 5.73 Å². The Kier molecular flexibility index (Phi) is 4.33.